The minimum absolute atomic E-state index is 0.167. The second-order valence-corrected chi connectivity index (χ2v) is 2.84. The highest BCUT2D eigenvalue weighted by molar-refractivity contribution is 4.39. The fourth-order valence-electron chi connectivity index (χ4n) is 0.479. The number of aliphatic hydroxyl groups excluding tert-OH is 1. The first kappa shape index (κ1) is 13.5. The van der Waals surface area contributed by atoms with Gasteiger partial charge in [0.25, 0.3) is 0 Å². The molecule has 0 aliphatic heterocycles. The summed E-state index contributed by atoms with van der Waals surface area (Å²) in [5.41, 5.74) is 0. The summed E-state index contributed by atoms with van der Waals surface area (Å²) in [4.78, 5) is 0. The molecule has 0 aromatic carbocycles. The summed E-state index contributed by atoms with van der Waals surface area (Å²) >= 11 is 0. The van der Waals surface area contributed by atoms with Crippen molar-refractivity contribution in [3.8, 4) is 0 Å². The smallest absolute Gasteiger partial charge is 0.0483 e. The molecule has 2 N–H and O–H groups in total. The van der Waals surface area contributed by atoms with E-state index in [2.05, 4.69) is 19.2 Å². The largest absolute Gasteiger partial charge is 0.394 e. The van der Waals surface area contributed by atoms with Crippen molar-refractivity contribution in [1.29, 1.82) is 0 Å². The minimum atomic E-state index is -0.167. The van der Waals surface area contributed by atoms with Crippen molar-refractivity contribution >= 4 is 0 Å². The van der Waals surface area contributed by atoms with Crippen LogP contribution in [0.2, 0.25) is 0 Å². The maximum atomic E-state index is 8.06. The SMILES string of the molecule is CC(C)O.CCCNCCC. The fourth-order valence-corrected chi connectivity index (χ4v) is 0.479. The Morgan fingerprint density at radius 3 is 1.55 bits per heavy atom. The standard InChI is InChI=1S/C6H15N.C3H8O/c1-3-5-7-6-4-2;1-3(2)4/h7H,3-6H2,1-2H3;3-4H,1-2H3. The van der Waals surface area contributed by atoms with Crippen molar-refractivity contribution < 1.29 is 5.11 Å². The molecular weight excluding hydrogens is 138 g/mol. The van der Waals surface area contributed by atoms with Gasteiger partial charge in [0.05, 0.1) is 0 Å². The monoisotopic (exact) mass is 161 g/mol. The van der Waals surface area contributed by atoms with E-state index in [9.17, 15) is 0 Å². The average Bonchev–Trinajstić information content (AvgIpc) is 1.88. The molecule has 0 fully saturated rings. The van der Waals surface area contributed by atoms with Crippen LogP contribution in [0.5, 0.6) is 0 Å². The molecule has 0 aromatic heterocycles. The molecule has 0 atom stereocenters. The van der Waals surface area contributed by atoms with Crippen LogP contribution < -0.4 is 5.32 Å². The molecule has 0 rings (SSSR count). The molecule has 70 valence electrons. The van der Waals surface area contributed by atoms with Gasteiger partial charge in [-0.2, -0.15) is 0 Å². The molecule has 0 bridgehead atoms. The van der Waals surface area contributed by atoms with Gasteiger partial charge in [-0.3, -0.25) is 0 Å². The van der Waals surface area contributed by atoms with Gasteiger partial charge in [-0.05, 0) is 39.8 Å². The Kier molecular flexibility index (Phi) is 15.4. The molecule has 0 radical (unpaired) electrons. The van der Waals surface area contributed by atoms with Crippen molar-refractivity contribution in [1.82, 2.24) is 5.32 Å². The third kappa shape index (κ3) is 40.5. The summed E-state index contributed by atoms with van der Waals surface area (Å²) in [5, 5.41) is 11.3. The number of hydrogen-bond acceptors (Lipinski definition) is 2. The molecule has 0 saturated heterocycles. The lowest BCUT2D eigenvalue weighted by Gasteiger charge is -1.95. The van der Waals surface area contributed by atoms with E-state index >= 15 is 0 Å². The van der Waals surface area contributed by atoms with Crippen LogP contribution in [-0.2, 0) is 0 Å². The molecule has 0 amide bonds. The maximum Gasteiger partial charge on any atom is 0.0483 e. The maximum absolute atomic E-state index is 8.06. The quantitative estimate of drug-likeness (QED) is 0.616. The molecule has 2 heteroatoms. The van der Waals surface area contributed by atoms with Gasteiger partial charge in [0, 0.05) is 6.10 Å². The Morgan fingerprint density at radius 2 is 1.36 bits per heavy atom. The van der Waals surface area contributed by atoms with E-state index in [1.807, 2.05) is 0 Å². The Balaban J connectivity index is 0. The van der Waals surface area contributed by atoms with Crippen molar-refractivity contribution in [3.05, 3.63) is 0 Å². The number of nitrogens with one attached hydrogen (secondary N) is 1. The molecule has 0 unspecified atom stereocenters. The predicted octanol–water partition coefficient (Wildman–Crippen LogP) is 1.78. The van der Waals surface area contributed by atoms with E-state index in [0.717, 1.165) is 0 Å². The fraction of sp³-hybridized carbons (Fsp3) is 1.00. The van der Waals surface area contributed by atoms with E-state index in [4.69, 9.17) is 5.11 Å². The Morgan fingerprint density at radius 1 is 1.09 bits per heavy atom. The predicted molar refractivity (Wildman–Crippen MR) is 50.8 cm³/mol. The van der Waals surface area contributed by atoms with E-state index < -0.39 is 0 Å². The molecular formula is C9H23NO. The van der Waals surface area contributed by atoms with Gasteiger partial charge in [-0.1, -0.05) is 13.8 Å². The highest BCUT2D eigenvalue weighted by atomic mass is 16.3. The summed E-state index contributed by atoms with van der Waals surface area (Å²) < 4.78 is 0. The normalized spacial score (nSPS) is 9.27. The van der Waals surface area contributed by atoms with Crippen LogP contribution in [0.1, 0.15) is 40.5 Å². The van der Waals surface area contributed by atoms with E-state index in [-0.39, 0.29) is 6.10 Å². The number of aliphatic hydroxyl groups is 1. The highest BCUT2D eigenvalue weighted by Gasteiger charge is 1.76. The second kappa shape index (κ2) is 12.6. The zero-order chi connectivity index (χ0) is 9.11. The van der Waals surface area contributed by atoms with Crippen LogP contribution >= 0.6 is 0 Å². The molecule has 0 aliphatic carbocycles. The van der Waals surface area contributed by atoms with Crippen molar-refractivity contribution in [2.24, 2.45) is 0 Å². The lowest BCUT2D eigenvalue weighted by atomic mass is 10.4. The summed E-state index contributed by atoms with van der Waals surface area (Å²) in [5.74, 6) is 0. The average molecular weight is 161 g/mol. The van der Waals surface area contributed by atoms with Crippen LogP contribution in [0.3, 0.4) is 0 Å². The lowest BCUT2D eigenvalue weighted by molar-refractivity contribution is 0.216. The van der Waals surface area contributed by atoms with Crippen molar-refractivity contribution in [3.63, 3.8) is 0 Å². The number of rotatable bonds is 4. The van der Waals surface area contributed by atoms with Crippen LogP contribution in [0.4, 0.5) is 0 Å². The van der Waals surface area contributed by atoms with Crippen LogP contribution in [0.25, 0.3) is 0 Å². The summed E-state index contributed by atoms with van der Waals surface area (Å²) in [6, 6.07) is 0. The van der Waals surface area contributed by atoms with Gasteiger partial charge in [0.15, 0.2) is 0 Å². The summed E-state index contributed by atoms with van der Waals surface area (Å²) in [7, 11) is 0. The minimum Gasteiger partial charge on any atom is -0.394 e. The second-order valence-electron chi connectivity index (χ2n) is 2.84. The topological polar surface area (TPSA) is 32.3 Å². The molecule has 0 aromatic rings. The van der Waals surface area contributed by atoms with Crippen molar-refractivity contribution in [2.45, 2.75) is 46.6 Å². The van der Waals surface area contributed by atoms with Gasteiger partial charge >= 0.3 is 0 Å². The van der Waals surface area contributed by atoms with Gasteiger partial charge in [-0.15, -0.1) is 0 Å². The first-order chi connectivity index (χ1) is 5.15. The first-order valence-corrected chi connectivity index (χ1v) is 4.53. The van der Waals surface area contributed by atoms with E-state index in [1.165, 1.54) is 25.9 Å². The van der Waals surface area contributed by atoms with Gasteiger partial charge < -0.3 is 10.4 Å². The molecule has 0 saturated carbocycles. The van der Waals surface area contributed by atoms with Gasteiger partial charge in [0.1, 0.15) is 0 Å². The van der Waals surface area contributed by atoms with Gasteiger partial charge in [0.2, 0.25) is 0 Å². The highest BCUT2D eigenvalue weighted by Crippen LogP contribution is 1.71. The van der Waals surface area contributed by atoms with Crippen LogP contribution in [-0.4, -0.2) is 24.3 Å². The Hall–Kier alpha value is -0.0800. The van der Waals surface area contributed by atoms with Crippen LogP contribution in [0, 0.1) is 0 Å². The Bertz CT molecular complexity index is 48.8. The van der Waals surface area contributed by atoms with Gasteiger partial charge in [-0.25, -0.2) is 0 Å². The van der Waals surface area contributed by atoms with E-state index in [0.29, 0.717) is 0 Å². The zero-order valence-corrected chi connectivity index (χ0v) is 8.35. The third-order valence-electron chi connectivity index (χ3n) is 0.854. The van der Waals surface area contributed by atoms with E-state index in [1.54, 1.807) is 13.8 Å². The lowest BCUT2D eigenvalue weighted by Crippen LogP contribution is -2.14. The third-order valence-corrected chi connectivity index (χ3v) is 0.854. The zero-order valence-electron chi connectivity index (χ0n) is 8.35. The summed E-state index contributed by atoms with van der Waals surface area (Å²) in [6.45, 7) is 10.2. The Labute approximate surface area is 71.0 Å². The van der Waals surface area contributed by atoms with Crippen LogP contribution in [0.15, 0.2) is 0 Å². The molecule has 2 nitrogen and oxygen atoms in total. The number of hydrogen-bond donors (Lipinski definition) is 2. The van der Waals surface area contributed by atoms with Crippen molar-refractivity contribution in [2.75, 3.05) is 13.1 Å². The molecule has 0 heterocycles. The summed E-state index contributed by atoms with van der Waals surface area (Å²) in [6.07, 6.45) is 2.33. The molecule has 0 spiro atoms. The first-order valence-electron chi connectivity index (χ1n) is 4.53. The molecule has 11 heavy (non-hydrogen) atoms. The molecule has 0 aliphatic rings.